The molecule has 0 aliphatic heterocycles. The average molecular weight is 396 g/mol. The van der Waals surface area contributed by atoms with Gasteiger partial charge in [0.1, 0.15) is 0 Å². The van der Waals surface area contributed by atoms with E-state index in [9.17, 15) is 0 Å². The van der Waals surface area contributed by atoms with Crippen LogP contribution in [0.1, 0.15) is 13.0 Å². The lowest BCUT2D eigenvalue weighted by molar-refractivity contribution is 0.341. The van der Waals surface area contributed by atoms with Gasteiger partial charge < -0.3 is 9.47 Å². The molecule has 0 saturated carbocycles. The van der Waals surface area contributed by atoms with Crippen molar-refractivity contribution in [3.05, 3.63) is 64.7 Å². The number of hydrogen-bond acceptors (Lipinski definition) is 3. The van der Waals surface area contributed by atoms with Crippen LogP contribution in [0.5, 0.6) is 0 Å². The standard InChI is InChI=1S/C22H22ClN3S/c1-15(12-25(2)3)26-13-19(22-20(23)5-4-6-21(22)26)18-9-17(10-24-11-18)16-7-8-27-14-16/h4-11,13-15H,12H2,1-3H3. The topological polar surface area (TPSA) is 21.1 Å². The molecule has 0 N–H and O–H groups in total. The number of fused-ring (bicyclic) bond motifs is 1. The molecule has 5 heteroatoms. The van der Waals surface area contributed by atoms with Crippen molar-refractivity contribution < 1.29 is 0 Å². The number of hydrogen-bond donors (Lipinski definition) is 0. The lowest BCUT2D eigenvalue weighted by atomic mass is 10.0. The van der Waals surface area contributed by atoms with Crippen LogP contribution in [0.25, 0.3) is 33.2 Å². The van der Waals surface area contributed by atoms with E-state index in [-0.39, 0.29) is 0 Å². The monoisotopic (exact) mass is 395 g/mol. The Morgan fingerprint density at radius 1 is 1.15 bits per heavy atom. The Balaban J connectivity index is 1.88. The molecule has 1 unspecified atom stereocenters. The summed E-state index contributed by atoms with van der Waals surface area (Å²) in [5.41, 5.74) is 5.71. The quantitative estimate of drug-likeness (QED) is 0.400. The molecule has 3 aromatic heterocycles. The molecule has 0 saturated heterocycles. The van der Waals surface area contributed by atoms with Crippen LogP contribution in [-0.4, -0.2) is 35.1 Å². The van der Waals surface area contributed by atoms with E-state index < -0.39 is 0 Å². The van der Waals surface area contributed by atoms with Crippen molar-refractivity contribution in [3.63, 3.8) is 0 Å². The largest absolute Gasteiger partial charge is 0.343 e. The van der Waals surface area contributed by atoms with Gasteiger partial charge in [-0.15, -0.1) is 0 Å². The van der Waals surface area contributed by atoms with Crippen LogP contribution < -0.4 is 0 Å². The normalized spacial score (nSPS) is 12.8. The third-order valence-corrected chi connectivity index (χ3v) is 5.81. The Labute approximate surface area is 168 Å². The summed E-state index contributed by atoms with van der Waals surface area (Å²) >= 11 is 8.33. The molecule has 1 atom stereocenters. The molecule has 0 aliphatic carbocycles. The smallest absolute Gasteiger partial charge is 0.0506 e. The molecule has 3 nitrogen and oxygen atoms in total. The van der Waals surface area contributed by atoms with Gasteiger partial charge in [-0.25, -0.2) is 0 Å². The molecular formula is C22H22ClN3S. The Bertz CT molecular complexity index is 1070. The predicted octanol–water partition coefficient (Wildman–Crippen LogP) is 6.21. The van der Waals surface area contributed by atoms with Crippen LogP contribution in [0.4, 0.5) is 0 Å². The Kier molecular flexibility index (Phi) is 5.04. The maximum Gasteiger partial charge on any atom is 0.0506 e. The van der Waals surface area contributed by atoms with Crippen LogP contribution in [0.15, 0.2) is 59.7 Å². The van der Waals surface area contributed by atoms with Gasteiger partial charge in [-0.05, 0) is 61.6 Å². The molecule has 4 aromatic rings. The Hall–Kier alpha value is -2.14. The summed E-state index contributed by atoms with van der Waals surface area (Å²) in [6.07, 6.45) is 6.06. The molecule has 0 radical (unpaired) electrons. The van der Waals surface area contributed by atoms with Gasteiger partial charge >= 0.3 is 0 Å². The second-order valence-corrected chi connectivity index (χ2v) is 8.36. The highest BCUT2D eigenvalue weighted by Gasteiger charge is 2.17. The van der Waals surface area contributed by atoms with Crippen LogP contribution in [0.3, 0.4) is 0 Å². The predicted molar refractivity (Wildman–Crippen MR) is 117 cm³/mol. The van der Waals surface area contributed by atoms with Gasteiger partial charge in [0.2, 0.25) is 0 Å². The molecule has 4 rings (SSSR count). The number of rotatable bonds is 5. The summed E-state index contributed by atoms with van der Waals surface area (Å²) in [6.45, 7) is 3.20. The molecule has 0 bridgehead atoms. The van der Waals surface area contributed by atoms with Crippen LogP contribution in [-0.2, 0) is 0 Å². The van der Waals surface area contributed by atoms with Gasteiger partial charge in [-0.2, -0.15) is 11.3 Å². The highest BCUT2D eigenvalue weighted by molar-refractivity contribution is 7.08. The molecule has 0 aliphatic rings. The fraction of sp³-hybridized carbons (Fsp3) is 0.227. The third-order valence-electron chi connectivity index (χ3n) is 4.82. The van der Waals surface area contributed by atoms with Gasteiger partial charge in [-0.3, -0.25) is 4.98 Å². The maximum absolute atomic E-state index is 6.63. The van der Waals surface area contributed by atoms with Crippen LogP contribution >= 0.6 is 22.9 Å². The Morgan fingerprint density at radius 3 is 2.70 bits per heavy atom. The number of thiophene rings is 1. The fourth-order valence-corrected chi connectivity index (χ4v) is 4.58. The fourth-order valence-electron chi connectivity index (χ4n) is 3.64. The van der Waals surface area contributed by atoms with Gasteiger partial charge in [0.15, 0.2) is 0 Å². The van der Waals surface area contributed by atoms with Crippen molar-refractivity contribution in [1.29, 1.82) is 0 Å². The number of halogens is 1. The van der Waals surface area contributed by atoms with Crippen molar-refractivity contribution in [3.8, 4) is 22.3 Å². The minimum absolute atomic E-state index is 0.336. The molecule has 0 amide bonds. The SMILES string of the molecule is CC(CN(C)C)n1cc(-c2cncc(-c3ccsc3)c2)c2c(Cl)cccc21. The van der Waals surface area contributed by atoms with Crippen molar-refractivity contribution >= 4 is 33.8 Å². The van der Waals surface area contributed by atoms with Crippen LogP contribution in [0, 0.1) is 0 Å². The van der Waals surface area contributed by atoms with Gasteiger partial charge in [0, 0.05) is 53.3 Å². The number of likely N-dealkylation sites (N-methyl/N-ethyl adjacent to an activating group) is 1. The third kappa shape index (κ3) is 3.53. The molecule has 27 heavy (non-hydrogen) atoms. The highest BCUT2D eigenvalue weighted by atomic mass is 35.5. The van der Waals surface area contributed by atoms with Crippen molar-refractivity contribution in [2.75, 3.05) is 20.6 Å². The first-order valence-corrected chi connectivity index (χ1v) is 10.3. The summed E-state index contributed by atoms with van der Waals surface area (Å²) in [5.74, 6) is 0. The zero-order valence-electron chi connectivity index (χ0n) is 15.7. The Morgan fingerprint density at radius 2 is 1.96 bits per heavy atom. The molecule has 138 valence electrons. The molecule has 0 fully saturated rings. The van der Waals surface area contributed by atoms with E-state index in [4.69, 9.17) is 11.6 Å². The van der Waals surface area contributed by atoms with Gasteiger partial charge in [-0.1, -0.05) is 17.7 Å². The first-order chi connectivity index (χ1) is 13.0. The maximum atomic E-state index is 6.63. The lowest BCUT2D eigenvalue weighted by Gasteiger charge is -2.19. The first-order valence-electron chi connectivity index (χ1n) is 8.96. The molecule has 3 heterocycles. The zero-order chi connectivity index (χ0) is 19.0. The van der Waals surface area contributed by atoms with Crippen LogP contribution in [0.2, 0.25) is 5.02 Å². The number of pyridine rings is 1. The highest BCUT2D eigenvalue weighted by Crippen LogP contribution is 2.38. The summed E-state index contributed by atoms with van der Waals surface area (Å²) in [7, 11) is 4.20. The van der Waals surface area contributed by atoms with Gasteiger partial charge in [0.25, 0.3) is 0 Å². The summed E-state index contributed by atoms with van der Waals surface area (Å²) < 4.78 is 2.33. The summed E-state index contributed by atoms with van der Waals surface area (Å²) in [6, 6.07) is 10.8. The summed E-state index contributed by atoms with van der Waals surface area (Å²) in [4.78, 5) is 6.71. The number of aromatic nitrogens is 2. The van der Waals surface area contributed by atoms with Crippen molar-refractivity contribution in [2.45, 2.75) is 13.0 Å². The number of benzene rings is 1. The average Bonchev–Trinajstić information content (AvgIpc) is 3.30. The van der Waals surface area contributed by atoms with E-state index in [1.54, 1.807) is 11.3 Å². The van der Waals surface area contributed by atoms with E-state index in [1.165, 1.54) is 5.56 Å². The van der Waals surface area contributed by atoms with E-state index >= 15 is 0 Å². The first kappa shape index (κ1) is 18.2. The van der Waals surface area contributed by atoms with Gasteiger partial charge in [0.05, 0.1) is 10.5 Å². The van der Waals surface area contributed by atoms with E-state index in [0.29, 0.717) is 6.04 Å². The second-order valence-electron chi connectivity index (χ2n) is 7.17. The van der Waals surface area contributed by atoms with E-state index in [2.05, 4.69) is 70.6 Å². The van der Waals surface area contributed by atoms with E-state index in [0.717, 1.165) is 39.2 Å². The zero-order valence-corrected chi connectivity index (χ0v) is 17.3. The summed E-state index contributed by atoms with van der Waals surface area (Å²) in [5, 5.41) is 6.11. The minimum atomic E-state index is 0.336. The van der Waals surface area contributed by atoms with Crippen molar-refractivity contribution in [1.82, 2.24) is 14.5 Å². The molecule has 0 spiro atoms. The number of nitrogens with zero attached hydrogens (tertiary/aromatic N) is 3. The molecular weight excluding hydrogens is 374 g/mol. The van der Waals surface area contributed by atoms with Crippen molar-refractivity contribution in [2.24, 2.45) is 0 Å². The minimum Gasteiger partial charge on any atom is -0.343 e. The second kappa shape index (κ2) is 7.47. The lowest BCUT2D eigenvalue weighted by Crippen LogP contribution is -2.21. The van der Waals surface area contributed by atoms with E-state index in [1.807, 2.05) is 24.5 Å². The molecule has 1 aromatic carbocycles.